The van der Waals surface area contributed by atoms with Crippen molar-refractivity contribution < 1.29 is 24.2 Å². The fourth-order valence-corrected chi connectivity index (χ4v) is 5.78. The Balaban J connectivity index is 1.19. The van der Waals surface area contributed by atoms with Crippen LogP contribution >= 0.6 is 11.8 Å². The maximum absolute atomic E-state index is 12.5. The minimum absolute atomic E-state index is 0.0119. The molecule has 2 aliphatic carbocycles. The molecule has 0 aromatic heterocycles. The zero-order valence-electron chi connectivity index (χ0n) is 19.3. The third kappa shape index (κ3) is 4.78. The number of benzene rings is 2. The van der Waals surface area contributed by atoms with Gasteiger partial charge in [0.1, 0.15) is 12.1 Å². The molecule has 34 heavy (non-hydrogen) atoms. The van der Waals surface area contributed by atoms with Crippen molar-refractivity contribution in [2.45, 2.75) is 37.1 Å². The predicted octanol–water partition coefficient (Wildman–Crippen LogP) is 4.11. The lowest BCUT2D eigenvalue weighted by atomic mass is 9.96. The van der Waals surface area contributed by atoms with Crippen LogP contribution in [-0.2, 0) is 14.3 Å². The number of amides is 2. The van der Waals surface area contributed by atoms with Crippen LogP contribution in [0.25, 0.3) is 11.1 Å². The first-order valence-electron chi connectivity index (χ1n) is 11.6. The quantitative estimate of drug-likeness (QED) is 0.522. The van der Waals surface area contributed by atoms with E-state index in [0.29, 0.717) is 25.1 Å². The van der Waals surface area contributed by atoms with Crippen molar-refractivity contribution in [2.24, 2.45) is 0 Å². The third-order valence-electron chi connectivity index (χ3n) is 6.93. The number of likely N-dealkylation sites (N-methyl/N-ethyl adjacent to an activating group) is 1. The molecule has 1 fully saturated rings. The summed E-state index contributed by atoms with van der Waals surface area (Å²) in [6.07, 6.45) is 2.15. The fourth-order valence-electron chi connectivity index (χ4n) is 5.02. The second kappa shape index (κ2) is 10.5. The molecule has 2 aliphatic rings. The summed E-state index contributed by atoms with van der Waals surface area (Å²) in [5.74, 6) is -0.405. The fraction of sp³-hybridized carbons (Fsp3) is 0.423. The average Bonchev–Trinajstić information content (AvgIpc) is 3.46. The molecule has 0 aliphatic heterocycles. The zero-order chi connectivity index (χ0) is 24.1. The van der Waals surface area contributed by atoms with Crippen LogP contribution in [0.1, 0.15) is 42.7 Å². The standard InChI is InChI=1S/C26H30N2O5S/c1-28(26(24(30)31)12-6-7-13-26)23(29)17-34-15-14-27-25(32)33-16-22-20-10-4-2-8-18(20)19-9-3-5-11-21(19)22/h2-5,8-11,22H,6-7,12-17H2,1H3,(H,27,32)(H,30,31). The Morgan fingerprint density at radius 3 is 2.24 bits per heavy atom. The molecular formula is C26H30N2O5S. The Kier molecular flexibility index (Phi) is 7.46. The van der Waals surface area contributed by atoms with Crippen LogP contribution in [0.3, 0.4) is 0 Å². The van der Waals surface area contributed by atoms with E-state index in [1.165, 1.54) is 27.8 Å². The minimum Gasteiger partial charge on any atom is -0.479 e. The molecule has 2 amide bonds. The average molecular weight is 483 g/mol. The van der Waals surface area contributed by atoms with Gasteiger partial charge in [-0.2, -0.15) is 11.8 Å². The molecule has 0 heterocycles. The number of rotatable bonds is 9. The number of nitrogens with zero attached hydrogens (tertiary/aromatic N) is 1. The van der Waals surface area contributed by atoms with Gasteiger partial charge in [-0.05, 0) is 35.1 Å². The zero-order valence-corrected chi connectivity index (χ0v) is 20.1. The summed E-state index contributed by atoms with van der Waals surface area (Å²) in [6.45, 7) is 0.621. The molecule has 0 unspecified atom stereocenters. The van der Waals surface area contributed by atoms with E-state index >= 15 is 0 Å². The number of carboxylic acid groups (broad SMARTS) is 1. The van der Waals surface area contributed by atoms with E-state index in [4.69, 9.17) is 4.74 Å². The number of fused-ring (bicyclic) bond motifs is 3. The largest absolute Gasteiger partial charge is 0.479 e. The number of hydrogen-bond donors (Lipinski definition) is 2. The highest BCUT2D eigenvalue weighted by atomic mass is 32.2. The number of carbonyl (C=O) groups is 3. The van der Waals surface area contributed by atoms with Gasteiger partial charge >= 0.3 is 12.1 Å². The maximum atomic E-state index is 12.5. The van der Waals surface area contributed by atoms with E-state index in [1.54, 1.807) is 7.05 Å². The molecule has 180 valence electrons. The van der Waals surface area contributed by atoms with Gasteiger partial charge in [0, 0.05) is 25.3 Å². The van der Waals surface area contributed by atoms with E-state index in [1.807, 2.05) is 24.3 Å². The highest BCUT2D eigenvalue weighted by molar-refractivity contribution is 7.99. The Bertz CT molecular complexity index is 1020. The summed E-state index contributed by atoms with van der Waals surface area (Å²) in [5, 5.41) is 12.4. The summed E-state index contributed by atoms with van der Waals surface area (Å²) >= 11 is 1.37. The topological polar surface area (TPSA) is 95.9 Å². The Morgan fingerprint density at radius 2 is 1.65 bits per heavy atom. The number of ether oxygens (including phenoxy) is 1. The minimum atomic E-state index is -1.07. The molecule has 7 nitrogen and oxygen atoms in total. The van der Waals surface area contributed by atoms with Gasteiger partial charge in [0.2, 0.25) is 5.91 Å². The molecule has 0 bridgehead atoms. The van der Waals surface area contributed by atoms with Crippen LogP contribution in [0, 0.1) is 0 Å². The van der Waals surface area contributed by atoms with E-state index in [0.717, 1.165) is 24.0 Å². The van der Waals surface area contributed by atoms with Gasteiger partial charge in [-0.1, -0.05) is 61.4 Å². The van der Waals surface area contributed by atoms with Crippen molar-refractivity contribution in [3.63, 3.8) is 0 Å². The summed E-state index contributed by atoms with van der Waals surface area (Å²) in [7, 11) is 1.58. The van der Waals surface area contributed by atoms with Gasteiger partial charge in [-0.15, -0.1) is 0 Å². The second-order valence-corrected chi connectivity index (χ2v) is 9.91. The number of hydrogen-bond acceptors (Lipinski definition) is 5. The molecule has 1 saturated carbocycles. The molecule has 2 aromatic rings. The summed E-state index contributed by atoms with van der Waals surface area (Å²) < 4.78 is 5.51. The maximum Gasteiger partial charge on any atom is 0.407 e. The van der Waals surface area contributed by atoms with Crippen LogP contribution in [0.15, 0.2) is 48.5 Å². The van der Waals surface area contributed by atoms with Crippen LogP contribution in [0.2, 0.25) is 0 Å². The molecular weight excluding hydrogens is 452 g/mol. The number of thioether (sulfide) groups is 1. The van der Waals surface area contributed by atoms with E-state index in [2.05, 4.69) is 29.6 Å². The van der Waals surface area contributed by atoms with Crippen molar-refractivity contribution in [3.05, 3.63) is 59.7 Å². The second-order valence-electron chi connectivity index (χ2n) is 8.80. The lowest BCUT2D eigenvalue weighted by Gasteiger charge is -2.34. The predicted molar refractivity (Wildman–Crippen MR) is 132 cm³/mol. The number of carbonyl (C=O) groups excluding carboxylic acids is 2. The monoisotopic (exact) mass is 482 g/mol. The Morgan fingerprint density at radius 1 is 1.06 bits per heavy atom. The smallest absolute Gasteiger partial charge is 0.407 e. The number of nitrogens with one attached hydrogen (secondary N) is 1. The SMILES string of the molecule is CN(C(=O)CSCCNC(=O)OCC1c2ccccc2-c2ccccc21)C1(C(=O)O)CCCC1. The molecule has 0 radical (unpaired) electrons. The molecule has 4 rings (SSSR count). The van der Waals surface area contributed by atoms with Crippen LogP contribution in [0.5, 0.6) is 0 Å². The van der Waals surface area contributed by atoms with Gasteiger partial charge in [-0.25, -0.2) is 9.59 Å². The lowest BCUT2D eigenvalue weighted by Crippen LogP contribution is -2.54. The molecule has 0 atom stereocenters. The van der Waals surface area contributed by atoms with Crippen molar-refractivity contribution in [1.82, 2.24) is 10.2 Å². The number of alkyl carbamates (subject to hydrolysis) is 1. The molecule has 2 N–H and O–H groups in total. The lowest BCUT2D eigenvalue weighted by molar-refractivity contribution is -0.156. The van der Waals surface area contributed by atoms with Crippen LogP contribution in [-0.4, -0.2) is 65.2 Å². The first kappa shape index (κ1) is 24.1. The third-order valence-corrected chi connectivity index (χ3v) is 7.87. The van der Waals surface area contributed by atoms with Crippen molar-refractivity contribution in [1.29, 1.82) is 0 Å². The van der Waals surface area contributed by atoms with Crippen molar-refractivity contribution in [3.8, 4) is 11.1 Å². The molecule has 0 spiro atoms. The van der Waals surface area contributed by atoms with Gasteiger partial charge < -0.3 is 20.1 Å². The molecule has 8 heteroatoms. The Hall–Kier alpha value is -3.00. The van der Waals surface area contributed by atoms with E-state index < -0.39 is 17.6 Å². The van der Waals surface area contributed by atoms with Crippen LogP contribution in [0.4, 0.5) is 4.79 Å². The Labute approximate surface area is 203 Å². The van der Waals surface area contributed by atoms with Crippen molar-refractivity contribution in [2.75, 3.05) is 31.7 Å². The van der Waals surface area contributed by atoms with Gasteiger partial charge in [0.05, 0.1) is 5.75 Å². The van der Waals surface area contributed by atoms with Crippen LogP contribution < -0.4 is 5.32 Å². The van der Waals surface area contributed by atoms with Crippen molar-refractivity contribution >= 4 is 29.7 Å². The summed E-state index contributed by atoms with van der Waals surface area (Å²) in [5.41, 5.74) is 3.62. The van der Waals surface area contributed by atoms with E-state index in [9.17, 15) is 19.5 Å². The van der Waals surface area contributed by atoms with E-state index in [-0.39, 0.29) is 24.2 Å². The molecule has 0 saturated heterocycles. The van der Waals surface area contributed by atoms with Gasteiger partial charge in [0.25, 0.3) is 0 Å². The molecule has 2 aromatic carbocycles. The first-order valence-corrected chi connectivity index (χ1v) is 12.8. The first-order chi connectivity index (χ1) is 16.4. The summed E-state index contributed by atoms with van der Waals surface area (Å²) in [6, 6.07) is 16.4. The summed E-state index contributed by atoms with van der Waals surface area (Å²) in [4.78, 5) is 37.9. The highest BCUT2D eigenvalue weighted by Gasteiger charge is 2.46. The van der Waals surface area contributed by atoms with Gasteiger partial charge in [0.15, 0.2) is 0 Å². The number of carboxylic acids is 1. The highest BCUT2D eigenvalue weighted by Crippen LogP contribution is 2.44. The van der Waals surface area contributed by atoms with Gasteiger partial charge in [-0.3, -0.25) is 4.79 Å². The number of aliphatic carboxylic acids is 1. The normalized spacial score (nSPS) is 15.9.